The highest BCUT2D eigenvalue weighted by Crippen LogP contribution is 2.05. The van der Waals surface area contributed by atoms with E-state index in [-0.39, 0.29) is 11.8 Å². The van der Waals surface area contributed by atoms with Gasteiger partial charge in [0.1, 0.15) is 0 Å². The summed E-state index contributed by atoms with van der Waals surface area (Å²) in [6.07, 6.45) is 8.18. The number of amides is 2. The molecular weight excluding hydrogens is 260 g/mol. The van der Waals surface area contributed by atoms with Crippen molar-refractivity contribution in [3.05, 3.63) is 12.7 Å². The lowest BCUT2D eigenvalue weighted by Gasteiger charge is -2.05. The molecule has 0 aromatic heterocycles. The third-order valence-corrected chi connectivity index (χ3v) is 3.04. The summed E-state index contributed by atoms with van der Waals surface area (Å²) >= 11 is 4.16. The molecule has 0 unspecified atom stereocenters. The summed E-state index contributed by atoms with van der Waals surface area (Å²) in [6, 6.07) is 0. The SMILES string of the molecule is C=CC(=O)NCCCNC(=O)CCCCCCCS. The molecule has 0 aliphatic rings. The predicted molar refractivity (Wildman–Crippen MR) is 82.4 cm³/mol. The van der Waals surface area contributed by atoms with Gasteiger partial charge in [-0.3, -0.25) is 9.59 Å². The summed E-state index contributed by atoms with van der Waals surface area (Å²) in [5, 5.41) is 5.51. The molecule has 0 saturated carbocycles. The van der Waals surface area contributed by atoms with Crippen molar-refractivity contribution >= 4 is 24.4 Å². The van der Waals surface area contributed by atoms with E-state index in [0.717, 1.165) is 31.4 Å². The highest BCUT2D eigenvalue weighted by molar-refractivity contribution is 7.80. The van der Waals surface area contributed by atoms with E-state index in [9.17, 15) is 9.59 Å². The minimum absolute atomic E-state index is 0.101. The summed E-state index contributed by atoms with van der Waals surface area (Å²) in [5.41, 5.74) is 0. The highest BCUT2D eigenvalue weighted by atomic mass is 32.1. The Morgan fingerprint density at radius 1 is 0.947 bits per heavy atom. The Labute approximate surface area is 121 Å². The smallest absolute Gasteiger partial charge is 0.243 e. The van der Waals surface area contributed by atoms with E-state index < -0.39 is 0 Å². The molecule has 0 radical (unpaired) electrons. The monoisotopic (exact) mass is 286 g/mol. The average molecular weight is 286 g/mol. The van der Waals surface area contributed by atoms with E-state index >= 15 is 0 Å². The van der Waals surface area contributed by atoms with Gasteiger partial charge >= 0.3 is 0 Å². The minimum Gasteiger partial charge on any atom is -0.356 e. The molecule has 0 aliphatic carbocycles. The summed E-state index contributed by atoms with van der Waals surface area (Å²) in [4.78, 5) is 22.3. The highest BCUT2D eigenvalue weighted by Gasteiger charge is 2.00. The van der Waals surface area contributed by atoms with Crippen LogP contribution in [0.3, 0.4) is 0 Å². The van der Waals surface area contributed by atoms with Crippen LogP contribution in [0.5, 0.6) is 0 Å². The maximum absolute atomic E-state index is 11.5. The number of carbonyl (C=O) groups excluding carboxylic acids is 2. The summed E-state index contributed by atoms with van der Waals surface area (Å²) in [7, 11) is 0. The van der Waals surface area contributed by atoms with Crippen LogP contribution in [0, 0.1) is 0 Å². The number of thiol groups is 1. The van der Waals surface area contributed by atoms with Gasteiger partial charge in [0.05, 0.1) is 0 Å². The molecule has 0 spiro atoms. The second kappa shape index (κ2) is 13.5. The van der Waals surface area contributed by atoms with Gasteiger partial charge in [0.25, 0.3) is 0 Å². The Bertz CT molecular complexity index is 270. The van der Waals surface area contributed by atoms with E-state index in [4.69, 9.17) is 0 Å². The Morgan fingerprint density at radius 2 is 1.58 bits per heavy atom. The zero-order valence-electron chi connectivity index (χ0n) is 11.6. The Kier molecular flexibility index (Phi) is 12.8. The first-order chi connectivity index (χ1) is 9.20. The van der Waals surface area contributed by atoms with E-state index in [1.165, 1.54) is 18.9 Å². The van der Waals surface area contributed by atoms with Crippen molar-refractivity contribution in [3.8, 4) is 0 Å². The number of nitrogens with one attached hydrogen (secondary N) is 2. The fourth-order valence-electron chi connectivity index (χ4n) is 1.62. The molecule has 0 aromatic carbocycles. The van der Waals surface area contributed by atoms with Gasteiger partial charge in [-0.2, -0.15) is 12.6 Å². The molecule has 0 atom stereocenters. The van der Waals surface area contributed by atoms with Gasteiger partial charge in [0.15, 0.2) is 0 Å². The van der Waals surface area contributed by atoms with Gasteiger partial charge in [-0.15, -0.1) is 0 Å². The normalized spacial score (nSPS) is 9.95. The number of carbonyl (C=O) groups is 2. The summed E-state index contributed by atoms with van der Waals surface area (Å²) < 4.78 is 0. The van der Waals surface area contributed by atoms with Crippen LogP contribution < -0.4 is 10.6 Å². The first-order valence-electron chi connectivity index (χ1n) is 6.98. The van der Waals surface area contributed by atoms with Crippen LogP contribution >= 0.6 is 12.6 Å². The zero-order valence-corrected chi connectivity index (χ0v) is 12.5. The molecule has 0 fully saturated rings. The van der Waals surface area contributed by atoms with E-state index in [0.29, 0.717) is 19.5 Å². The molecule has 0 saturated heterocycles. The standard InChI is InChI=1S/C14H26N2O2S/c1-2-13(17)15-10-8-11-16-14(18)9-6-4-3-5-7-12-19/h2,19H,1,3-12H2,(H,15,17)(H,16,18). The van der Waals surface area contributed by atoms with Crippen LogP contribution in [0.25, 0.3) is 0 Å². The molecule has 0 aromatic rings. The van der Waals surface area contributed by atoms with Crippen LogP contribution in [-0.4, -0.2) is 30.7 Å². The minimum atomic E-state index is -0.174. The van der Waals surface area contributed by atoms with Gasteiger partial charge in [0.2, 0.25) is 11.8 Å². The fourth-order valence-corrected chi connectivity index (χ4v) is 1.84. The fraction of sp³-hybridized carbons (Fsp3) is 0.714. The number of rotatable bonds is 12. The van der Waals surface area contributed by atoms with Gasteiger partial charge in [-0.25, -0.2) is 0 Å². The number of hydrogen-bond donors (Lipinski definition) is 3. The maximum Gasteiger partial charge on any atom is 0.243 e. The number of hydrogen-bond acceptors (Lipinski definition) is 3. The number of unbranched alkanes of at least 4 members (excludes halogenated alkanes) is 4. The van der Waals surface area contributed by atoms with Crippen LogP contribution in [0.15, 0.2) is 12.7 Å². The zero-order chi connectivity index (χ0) is 14.3. The Balaban J connectivity index is 3.25. The molecule has 0 aliphatic heterocycles. The van der Waals surface area contributed by atoms with Crippen molar-refractivity contribution in [1.29, 1.82) is 0 Å². The molecular formula is C14H26N2O2S. The quantitative estimate of drug-likeness (QED) is 0.292. The molecule has 110 valence electrons. The van der Waals surface area contributed by atoms with Gasteiger partial charge in [-0.1, -0.05) is 25.8 Å². The molecule has 2 amide bonds. The first-order valence-corrected chi connectivity index (χ1v) is 7.61. The summed E-state index contributed by atoms with van der Waals surface area (Å²) in [5.74, 6) is 0.875. The average Bonchev–Trinajstić information content (AvgIpc) is 2.42. The molecule has 19 heavy (non-hydrogen) atoms. The van der Waals surface area contributed by atoms with Crippen LogP contribution in [0.2, 0.25) is 0 Å². The van der Waals surface area contributed by atoms with Crippen molar-refractivity contribution in [2.45, 2.75) is 44.9 Å². The van der Waals surface area contributed by atoms with Gasteiger partial charge < -0.3 is 10.6 Å². The van der Waals surface area contributed by atoms with Crippen molar-refractivity contribution < 1.29 is 9.59 Å². The van der Waals surface area contributed by atoms with Crippen LogP contribution in [-0.2, 0) is 9.59 Å². The van der Waals surface area contributed by atoms with Crippen molar-refractivity contribution in [2.24, 2.45) is 0 Å². The molecule has 4 nitrogen and oxygen atoms in total. The molecule has 0 bridgehead atoms. The van der Waals surface area contributed by atoms with E-state index in [2.05, 4.69) is 29.8 Å². The van der Waals surface area contributed by atoms with Crippen molar-refractivity contribution in [3.63, 3.8) is 0 Å². The van der Waals surface area contributed by atoms with Gasteiger partial charge in [0, 0.05) is 19.5 Å². The first kappa shape index (κ1) is 18.0. The second-order valence-electron chi connectivity index (χ2n) is 4.44. The van der Waals surface area contributed by atoms with E-state index in [1.807, 2.05) is 0 Å². The molecule has 5 heteroatoms. The predicted octanol–water partition coefficient (Wildman–Crippen LogP) is 2.07. The Hall–Kier alpha value is -0.970. The molecule has 0 heterocycles. The maximum atomic E-state index is 11.5. The molecule has 0 rings (SSSR count). The van der Waals surface area contributed by atoms with Crippen LogP contribution in [0.4, 0.5) is 0 Å². The summed E-state index contributed by atoms with van der Waals surface area (Å²) in [6.45, 7) is 4.53. The lowest BCUT2D eigenvalue weighted by molar-refractivity contribution is -0.121. The van der Waals surface area contributed by atoms with Crippen molar-refractivity contribution in [2.75, 3.05) is 18.8 Å². The second-order valence-corrected chi connectivity index (χ2v) is 4.89. The third-order valence-electron chi connectivity index (χ3n) is 2.72. The Morgan fingerprint density at radius 3 is 2.26 bits per heavy atom. The largest absolute Gasteiger partial charge is 0.356 e. The lowest BCUT2D eigenvalue weighted by atomic mass is 10.1. The van der Waals surface area contributed by atoms with Crippen LogP contribution in [0.1, 0.15) is 44.9 Å². The topological polar surface area (TPSA) is 58.2 Å². The lowest BCUT2D eigenvalue weighted by Crippen LogP contribution is -2.28. The molecule has 2 N–H and O–H groups in total. The van der Waals surface area contributed by atoms with E-state index in [1.54, 1.807) is 0 Å². The van der Waals surface area contributed by atoms with Gasteiger partial charge in [-0.05, 0) is 31.1 Å². The van der Waals surface area contributed by atoms with Crippen molar-refractivity contribution in [1.82, 2.24) is 10.6 Å². The third kappa shape index (κ3) is 13.3.